The molecule has 172 valence electrons. The molecule has 0 bridgehead atoms. The summed E-state index contributed by atoms with van der Waals surface area (Å²) in [6.45, 7) is 0. The minimum absolute atomic E-state index is 0.142. The molecule has 6 nitrogen and oxygen atoms in total. The first-order valence-electron chi connectivity index (χ1n) is 11.5. The molecule has 0 N–H and O–H groups in total. The van der Waals surface area contributed by atoms with Gasteiger partial charge in [-0.2, -0.15) is 5.26 Å². The third-order valence-corrected chi connectivity index (χ3v) is 7.18. The smallest absolute Gasteiger partial charge is 0.247 e. The number of allylic oxidation sites excluding steroid dienone is 1. The number of nitrogens with zero attached hydrogens (tertiary/aromatic N) is 4. The number of amides is 1. The Morgan fingerprint density at radius 3 is 2.40 bits per heavy atom. The van der Waals surface area contributed by atoms with Gasteiger partial charge in [-0.3, -0.25) is 14.5 Å². The highest BCUT2D eigenvalue weighted by Crippen LogP contribution is 2.57. The van der Waals surface area contributed by atoms with Gasteiger partial charge in [0, 0.05) is 54.1 Å². The van der Waals surface area contributed by atoms with E-state index in [1.807, 2.05) is 53.7 Å². The number of hydrogen-bond acceptors (Lipinski definition) is 4. The Hall–Kier alpha value is -4.44. The van der Waals surface area contributed by atoms with Gasteiger partial charge in [-0.15, -0.1) is 0 Å². The number of benzene rings is 2. The number of fused-ring (bicyclic) bond motifs is 3. The van der Waals surface area contributed by atoms with Crippen molar-refractivity contribution in [3.05, 3.63) is 101 Å². The molecule has 0 saturated carbocycles. The molecule has 0 radical (unpaired) electrons. The van der Waals surface area contributed by atoms with Gasteiger partial charge in [0.25, 0.3) is 0 Å². The molecule has 3 aliphatic rings. The third-order valence-electron chi connectivity index (χ3n) is 7.18. The molecule has 1 aliphatic carbocycles. The molecule has 2 aromatic carbocycles. The number of likely N-dealkylation sites (N-methyl/N-ethyl adjacent to an activating group) is 1. The fourth-order valence-electron chi connectivity index (χ4n) is 5.77. The van der Waals surface area contributed by atoms with Gasteiger partial charge in [0.1, 0.15) is 23.1 Å². The number of hydrogen-bond donors (Lipinski definition) is 0. The summed E-state index contributed by atoms with van der Waals surface area (Å²) in [5, 5.41) is 10.7. The number of carbonyl (C=O) groups is 2. The van der Waals surface area contributed by atoms with Gasteiger partial charge in [0.2, 0.25) is 5.91 Å². The van der Waals surface area contributed by atoms with E-state index in [4.69, 9.17) is 0 Å². The molecule has 2 aliphatic heterocycles. The Morgan fingerprint density at radius 2 is 1.69 bits per heavy atom. The number of ketones is 1. The van der Waals surface area contributed by atoms with E-state index >= 15 is 0 Å². The maximum atomic E-state index is 14.2. The van der Waals surface area contributed by atoms with Crippen molar-refractivity contribution in [2.75, 3.05) is 16.8 Å². The van der Waals surface area contributed by atoms with Crippen LogP contribution in [-0.4, -0.2) is 23.3 Å². The first-order valence-corrected chi connectivity index (χ1v) is 11.5. The SMILES string of the molecule is CN1C(=O)[C@]2(C(C#N)=C(n3cccc3)N(c3ccc(F)cc3)C3=C2C(=O)CCC3)c2ccccc21. The molecule has 0 saturated heterocycles. The van der Waals surface area contributed by atoms with Gasteiger partial charge in [0.15, 0.2) is 5.78 Å². The fourth-order valence-corrected chi connectivity index (χ4v) is 5.77. The monoisotopic (exact) mass is 464 g/mol. The topological polar surface area (TPSA) is 69.3 Å². The van der Waals surface area contributed by atoms with Crippen molar-refractivity contribution in [3.63, 3.8) is 0 Å². The normalized spacial score (nSPS) is 21.5. The summed E-state index contributed by atoms with van der Waals surface area (Å²) in [6, 6.07) is 19.3. The molecule has 1 spiro atoms. The number of Topliss-reactive ketones (excluding diaryl/α,β-unsaturated/α-hetero) is 1. The van der Waals surface area contributed by atoms with Gasteiger partial charge in [0.05, 0.1) is 5.57 Å². The summed E-state index contributed by atoms with van der Waals surface area (Å²) >= 11 is 0. The van der Waals surface area contributed by atoms with Crippen LogP contribution in [0.1, 0.15) is 24.8 Å². The molecule has 6 rings (SSSR count). The number of halogens is 1. The Balaban J connectivity index is 1.79. The van der Waals surface area contributed by atoms with Crippen LogP contribution >= 0.6 is 0 Å². The van der Waals surface area contributed by atoms with Crippen LogP contribution < -0.4 is 9.80 Å². The Bertz CT molecular complexity index is 1490. The molecule has 0 fully saturated rings. The lowest BCUT2D eigenvalue weighted by Gasteiger charge is -2.45. The summed E-state index contributed by atoms with van der Waals surface area (Å²) in [5.74, 6) is -0.377. The molecule has 3 aromatic rings. The van der Waals surface area contributed by atoms with Crippen molar-refractivity contribution in [1.82, 2.24) is 4.57 Å². The second-order valence-corrected chi connectivity index (χ2v) is 8.94. The van der Waals surface area contributed by atoms with E-state index < -0.39 is 5.41 Å². The maximum Gasteiger partial charge on any atom is 0.247 e. The van der Waals surface area contributed by atoms with Crippen LogP contribution in [0.25, 0.3) is 5.82 Å². The molecular formula is C28H21FN4O2. The summed E-state index contributed by atoms with van der Waals surface area (Å²) in [6.07, 6.45) is 5.08. The summed E-state index contributed by atoms with van der Waals surface area (Å²) in [7, 11) is 1.68. The van der Waals surface area contributed by atoms with Crippen molar-refractivity contribution in [3.8, 4) is 6.07 Å². The van der Waals surface area contributed by atoms with Crippen molar-refractivity contribution < 1.29 is 14.0 Å². The second-order valence-electron chi connectivity index (χ2n) is 8.94. The van der Waals surface area contributed by atoms with Crippen molar-refractivity contribution in [2.24, 2.45) is 0 Å². The molecule has 3 heterocycles. The fraction of sp³-hybridized carbons (Fsp3) is 0.179. The summed E-state index contributed by atoms with van der Waals surface area (Å²) in [4.78, 5) is 31.3. The molecule has 7 heteroatoms. The number of anilines is 2. The largest absolute Gasteiger partial charge is 0.314 e. The number of aromatic nitrogens is 1. The zero-order valence-corrected chi connectivity index (χ0v) is 19.0. The zero-order valence-electron chi connectivity index (χ0n) is 19.0. The Kier molecular flexibility index (Phi) is 4.55. The van der Waals surface area contributed by atoms with Crippen LogP contribution in [0.3, 0.4) is 0 Å². The molecule has 0 unspecified atom stereocenters. The quantitative estimate of drug-likeness (QED) is 0.548. The van der Waals surface area contributed by atoms with Gasteiger partial charge in [-0.05, 0) is 55.3 Å². The zero-order chi connectivity index (χ0) is 24.3. The highest BCUT2D eigenvalue weighted by atomic mass is 19.1. The number of rotatable bonds is 2. The lowest BCUT2D eigenvalue weighted by atomic mass is 9.63. The minimum atomic E-state index is -1.54. The lowest BCUT2D eigenvalue weighted by molar-refractivity contribution is -0.123. The van der Waals surface area contributed by atoms with Crippen LogP contribution in [0.5, 0.6) is 0 Å². The predicted octanol–water partition coefficient (Wildman–Crippen LogP) is 4.76. The van der Waals surface area contributed by atoms with E-state index in [1.54, 1.807) is 28.6 Å². The van der Waals surface area contributed by atoms with Gasteiger partial charge < -0.3 is 9.47 Å². The first-order chi connectivity index (χ1) is 17.0. The molecule has 1 atom stereocenters. The predicted molar refractivity (Wildman–Crippen MR) is 130 cm³/mol. The van der Waals surface area contributed by atoms with Gasteiger partial charge in [-0.25, -0.2) is 4.39 Å². The van der Waals surface area contributed by atoms with Gasteiger partial charge >= 0.3 is 0 Å². The molecule has 1 aromatic heterocycles. The molecule has 35 heavy (non-hydrogen) atoms. The van der Waals surface area contributed by atoms with Crippen molar-refractivity contribution >= 4 is 28.9 Å². The van der Waals surface area contributed by atoms with Crippen LogP contribution in [0.2, 0.25) is 0 Å². The number of para-hydroxylation sites is 1. The van der Waals surface area contributed by atoms with E-state index in [0.717, 1.165) is 0 Å². The molecular weight excluding hydrogens is 443 g/mol. The second kappa shape index (κ2) is 7.54. The van der Waals surface area contributed by atoms with Gasteiger partial charge in [-0.1, -0.05) is 18.2 Å². The van der Waals surface area contributed by atoms with Crippen LogP contribution in [0, 0.1) is 17.1 Å². The van der Waals surface area contributed by atoms with Crippen molar-refractivity contribution in [2.45, 2.75) is 24.7 Å². The average Bonchev–Trinajstić information content (AvgIpc) is 3.48. The Morgan fingerprint density at radius 1 is 0.971 bits per heavy atom. The van der Waals surface area contributed by atoms with Crippen molar-refractivity contribution in [1.29, 1.82) is 5.26 Å². The van der Waals surface area contributed by atoms with E-state index in [2.05, 4.69) is 6.07 Å². The highest BCUT2D eigenvalue weighted by molar-refractivity contribution is 6.21. The van der Waals surface area contributed by atoms with Crippen LogP contribution in [-0.2, 0) is 15.0 Å². The van der Waals surface area contributed by atoms with E-state index in [-0.39, 0.29) is 23.1 Å². The van der Waals surface area contributed by atoms with E-state index in [9.17, 15) is 19.2 Å². The first kappa shape index (κ1) is 21.1. The highest BCUT2D eigenvalue weighted by Gasteiger charge is 2.62. The molecule has 1 amide bonds. The third kappa shape index (κ3) is 2.68. The van der Waals surface area contributed by atoms with E-state index in [0.29, 0.717) is 53.3 Å². The minimum Gasteiger partial charge on any atom is -0.314 e. The Labute approximate surface area is 201 Å². The summed E-state index contributed by atoms with van der Waals surface area (Å²) in [5.41, 5.74) is 1.59. The number of nitriles is 1. The lowest BCUT2D eigenvalue weighted by Crippen LogP contribution is -2.51. The average molecular weight is 465 g/mol. The van der Waals surface area contributed by atoms with Crippen LogP contribution in [0.4, 0.5) is 15.8 Å². The maximum absolute atomic E-state index is 14.2. The van der Waals surface area contributed by atoms with E-state index in [1.165, 1.54) is 12.1 Å². The van der Waals surface area contributed by atoms with Crippen LogP contribution in [0.15, 0.2) is 89.9 Å². The number of carbonyl (C=O) groups excluding carboxylic acids is 2. The standard InChI is InChI=1S/C28H21FN4O2/c1-31-22-8-3-2-7-20(22)28(27(31)35)21(17-30)26(32-15-4-5-16-32)33(19-13-11-18(29)12-14-19)23-9-6-10-24(34)25(23)28/h2-5,7-8,11-16H,6,9-10H2,1H3/t28-/m0/s1. The summed E-state index contributed by atoms with van der Waals surface area (Å²) < 4.78 is 15.7.